The largest absolute Gasteiger partial charge is 0.484 e. The molecular formula is C23H20N4O4S2. The molecule has 8 nitrogen and oxygen atoms in total. The lowest BCUT2D eigenvalue weighted by atomic mass is 10.1. The maximum atomic E-state index is 12.8. The van der Waals surface area contributed by atoms with Gasteiger partial charge in [0.15, 0.2) is 6.61 Å². The molecule has 4 aromatic heterocycles. The zero-order valence-corrected chi connectivity index (χ0v) is 19.8. The summed E-state index contributed by atoms with van der Waals surface area (Å²) in [5.74, 6) is 2.35. The second kappa shape index (κ2) is 8.87. The summed E-state index contributed by atoms with van der Waals surface area (Å²) in [7, 11) is 0. The van der Waals surface area contributed by atoms with Gasteiger partial charge in [0.1, 0.15) is 22.2 Å². The third kappa shape index (κ3) is 4.44. The zero-order chi connectivity index (χ0) is 22.9. The van der Waals surface area contributed by atoms with Crippen molar-refractivity contribution in [1.29, 1.82) is 0 Å². The van der Waals surface area contributed by atoms with Gasteiger partial charge in [-0.2, -0.15) is 0 Å². The van der Waals surface area contributed by atoms with Gasteiger partial charge >= 0.3 is 0 Å². The van der Waals surface area contributed by atoms with Crippen molar-refractivity contribution in [1.82, 2.24) is 20.2 Å². The molecule has 0 amide bonds. The van der Waals surface area contributed by atoms with Gasteiger partial charge in [-0.05, 0) is 50.1 Å². The predicted octanol–water partition coefficient (Wildman–Crippen LogP) is 5.68. The molecule has 10 heteroatoms. The molecular weight excluding hydrogens is 460 g/mol. The molecule has 33 heavy (non-hydrogen) atoms. The first kappa shape index (κ1) is 21.5. The molecule has 4 heterocycles. The number of ether oxygens (including phenoxy) is 1. The average Bonchev–Trinajstić information content (AvgIpc) is 3.55. The Bertz CT molecular complexity index is 1470. The van der Waals surface area contributed by atoms with Crippen LogP contribution in [0.5, 0.6) is 5.75 Å². The quantitative estimate of drug-likeness (QED) is 0.297. The first-order chi connectivity index (χ1) is 16.0. The number of thiophene rings is 1. The molecule has 1 atom stereocenters. The molecule has 0 aliphatic rings. The molecule has 1 aromatic carbocycles. The van der Waals surface area contributed by atoms with Crippen molar-refractivity contribution in [3.8, 4) is 17.1 Å². The second-order valence-electron chi connectivity index (χ2n) is 7.54. The van der Waals surface area contributed by atoms with Crippen molar-refractivity contribution in [3.05, 3.63) is 75.2 Å². The van der Waals surface area contributed by atoms with E-state index in [9.17, 15) is 4.79 Å². The smallest absolute Gasteiger partial charge is 0.277 e. The Morgan fingerprint density at radius 1 is 1.24 bits per heavy atom. The van der Waals surface area contributed by atoms with Crippen LogP contribution in [0, 0.1) is 13.8 Å². The first-order valence-corrected chi connectivity index (χ1v) is 12.0. The number of nitrogens with zero attached hydrogens (tertiary/aromatic N) is 3. The van der Waals surface area contributed by atoms with E-state index in [2.05, 4.69) is 20.2 Å². The average molecular weight is 481 g/mol. The molecule has 0 radical (unpaired) electrons. The van der Waals surface area contributed by atoms with Gasteiger partial charge in [0.25, 0.3) is 16.7 Å². The second-order valence-corrected chi connectivity index (χ2v) is 9.69. The van der Waals surface area contributed by atoms with Crippen LogP contribution in [0.25, 0.3) is 21.5 Å². The minimum atomic E-state index is -0.205. The fraction of sp³-hybridized carbons (Fsp3) is 0.217. The van der Waals surface area contributed by atoms with E-state index in [1.54, 1.807) is 12.3 Å². The van der Waals surface area contributed by atoms with Crippen LogP contribution < -0.4 is 10.3 Å². The standard InChI is InChI=1S/C23H20N4O4S2/c1-12-6-7-13(2)17(9-12)30-10-18-26-27-23(31-18)33-14(3)20-24-21(28)19-15(11-32-22(19)25-20)16-5-4-8-29-16/h4-9,11,14H,10H2,1-3H3,(H,24,25,28). The van der Waals surface area contributed by atoms with E-state index in [0.717, 1.165) is 22.4 Å². The van der Waals surface area contributed by atoms with Gasteiger partial charge in [-0.15, -0.1) is 21.5 Å². The van der Waals surface area contributed by atoms with Crippen LogP contribution in [0.4, 0.5) is 0 Å². The molecule has 168 valence electrons. The number of hydrogen-bond acceptors (Lipinski definition) is 9. The number of aromatic amines is 1. The number of aromatic nitrogens is 4. The molecule has 0 spiro atoms. The SMILES string of the molecule is Cc1ccc(C)c(OCc2nnc(SC(C)c3nc4scc(-c5ccco5)c4c(=O)[nH]3)o2)c1. The third-order valence-corrected chi connectivity index (χ3v) is 6.87. The van der Waals surface area contributed by atoms with E-state index in [1.807, 2.05) is 50.4 Å². The molecule has 0 bridgehead atoms. The van der Waals surface area contributed by atoms with Gasteiger partial charge in [-0.25, -0.2) is 4.98 Å². The lowest BCUT2D eigenvalue weighted by Crippen LogP contribution is -2.12. The van der Waals surface area contributed by atoms with Crippen LogP contribution in [-0.4, -0.2) is 20.2 Å². The number of aryl methyl sites for hydroxylation is 2. The predicted molar refractivity (Wildman–Crippen MR) is 127 cm³/mol. The van der Waals surface area contributed by atoms with E-state index in [-0.39, 0.29) is 17.4 Å². The van der Waals surface area contributed by atoms with Gasteiger partial charge < -0.3 is 18.6 Å². The number of H-pyrrole nitrogens is 1. The Balaban J connectivity index is 1.30. The maximum Gasteiger partial charge on any atom is 0.277 e. The summed E-state index contributed by atoms with van der Waals surface area (Å²) in [6.07, 6.45) is 1.58. The summed E-state index contributed by atoms with van der Waals surface area (Å²) in [4.78, 5) is 21.0. The summed E-state index contributed by atoms with van der Waals surface area (Å²) in [5.41, 5.74) is 2.69. The number of nitrogens with one attached hydrogen (secondary N) is 1. The molecule has 0 saturated heterocycles. The summed E-state index contributed by atoms with van der Waals surface area (Å²) in [6.45, 7) is 6.10. The normalized spacial score (nSPS) is 12.3. The molecule has 1 unspecified atom stereocenters. The van der Waals surface area contributed by atoms with Crippen molar-refractivity contribution < 1.29 is 13.6 Å². The Kier molecular flexibility index (Phi) is 5.77. The Hall–Kier alpha value is -3.37. The van der Waals surface area contributed by atoms with Crippen molar-refractivity contribution in [2.45, 2.75) is 37.9 Å². The highest BCUT2D eigenvalue weighted by Gasteiger charge is 2.20. The topological polar surface area (TPSA) is 107 Å². The molecule has 0 aliphatic carbocycles. The van der Waals surface area contributed by atoms with Crippen LogP contribution >= 0.6 is 23.1 Å². The van der Waals surface area contributed by atoms with E-state index in [0.29, 0.717) is 32.9 Å². The third-order valence-electron chi connectivity index (χ3n) is 5.05. The number of fused-ring (bicyclic) bond motifs is 1. The fourth-order valence-corrected chi connectivity index (χ4v) is 5.02. The number of thioether (sulfide) groups is 1. The highest BCUT2D eigenvalue weighted by Crippen LogP contribution is 2.35. The van der Waals surface area contributed by atoms with E-state index in [4.69, 9.17) is 13.6 Å². The number of hydrogen-bond donors (Lipinski definition) is 1. The molecule has 0 aliphatic heterocycles. The lowest BCUT2D eigenvalue weighted by Gasteiger charge is -2.08. The van der Waals surface area contributed by atoms with Gasteiger partial charge in [-0.1, -0.05) is 23.9 Å². The lowest BCUT2D eigenvalue weighted by molar-refractivity contribution is 0.250. The van der Waals surface area contributed by atoms with Gasteiger partial charge in [0.05, 0.1) is 16.9 Å². The van der Waals surface area contributed by atoms with Crippen molar-refractivity contribution in [3.63, 3.8) is 0 Å². The Morgan fingerprint density at radius 3 is 2.94 bits per heavy atom. The molecule has 0 fully saturated rings. The van der Waals surface area contributed by atoms with Crippen molar-refractivity contribution in [2.75, 3.05) is 0 Å². The number of furan rings is 1. The summed E-state index contributed by atoms with van der Waals surface area (Å²) < 4.78 is 17.0. The van der Waals surface area contributed by atoms with Gasteiger partial charge in [0.2, 0.25) is 0 Å². The van der Waals surface area contributed by atoms with Crippen molar-refractivity contribution >= 4 is 33.3 Å². The van der Waals surface area contributed by atoms with Gasteiger partial charge in [0, 0.05) is 10.9 Å². The highest BCUT2D eigenvalue weighted by molar-refractivity contribution is 7.99. The monoisotopic (exact) mass is 480 g/mol. The Morgan fingerprint density at radius 2 is 2.12 bits per heavy atom. The van der Waals surface area contributed by atoms with E-state index >= 15 is 0 Å². The van der Waals surface area contributed by atoms with E-state index in [1.165, 1.54) is 23.1 Å². The van der Waals surface area contributed by atoms with Crippen LogP contribution in [0.2, 0.25) is 0 Å². The number of benzene rings is 1. The van der Waals surface area contributed by atoms with Crippen LogP contribution in [-0.2, 0) is 6.61 Å². The van der Waals surface area contributed by atoms with Gasteiger partial charge in [-0.3, -0.25) is 4.79 Å². The fourth-order valence-electron chi connectivity index (χ4n) is 3.32. The van der Waals surface area contributed by atoms with Crippen LogP contribution in [0.1, 0.15) is 35.0 Å². The maximum absolute atomic E-state index is 12.8. The summed E-state index contributed by atoms with van der Waals surface area (Å²) in [5, 5.41) is 10.7. The van der Waals surface area contributed by atoms with Crippen molar-refractivity contribution in [2.24, 2.45) is 0 Å². The summed E-state index contributed by atoms with van der Waals surface area (Å²) in [6, 6.07) is 9.64. The molecule has 5 rings (SSSR count). The van der Waals surface area contributed by atoms with E-state index < -0.39 is 0 Å². The molecule has 0 saturated carbocycles. The Labute approximate surface area is 197 Å². The minimum Gasteiger partial charge on any atom is -0.484 e. The number of rotatable bonds is 7. The summed E-state index contributed by atoms with van der Waals surface area (Å²) >= 11 is 2.73. The molecule has 1 N–H and O–H groups in total. The minimum absolute atomic E-state index is 0.179. The van der Waals surface area contributed by atoms with Crippen LogP contribution in [0.15, 0.2) is 60.8 Å². The highest BCUT2D eigenvalue weighted by atomic mass is 32.2. The van der Waals surface area contributed by atoms with Crippen LogP contribution in [0.3, 0.4) is 0 Å². The molecule has 5 aromatic rings. The zero-order valence-electron chi connectivity index (χ0n) is 18.1. The first-order valence-electron chi connectivity index (χ1n) is 10.2.